The van der Waals surface area contributed by atoms with Crippen LogP contribution in [0.15, 0.2) is 36.4 Å². The maximum Gasteiger partial charge on any atom is 0.198 e. The molecular weight excluding hydrogens is 262 g/mol. The first-order valence-electron chi connectivity index (χ1n) is 6.24. The first kappa shape index (κ1) is 14.2. The van der Waals surface area contributed by atoms with Gasteiger partial charge in [0.05, 0.1) is 0 Å². The first-order chi connectivity index (χ1) is 9.52. The van der Waals surface area contributed by atoms with Crippen molar-refractivity contribution in [3.63, 3.8) is 0 Å². The number of halogens is 2. The molecule has 2 aromatic carbocycles. The molecule has 2 nitrogen and oxygen atoms in total. The van der Waals surface area contributed by atoms with E-state index in [1.807, 2.05) is 26.0 Å². The van der Waals surface area contributed by atoms with Crippen LogP contribution >= 0.6 is 0 Å². The van der Waals surface area contributed by atoms with E-state index in [4.69, 9.17) is 4.74 Å². The third-order valence-corrected chi connectivity index (χ3v) is 2.91. The van der Waals surface area contributed by atoms with Gasteiger partial charge in [0.25, 0.3) is 0 Å². The number of carbonyl (C=O) groups excluding carboxylic acids is 1. The topological polar surface area (TPSA) is 26.3 Å². The van der Waals surface area contributed by atoms with Crippen LogP contribution in [-0.4, -0.2) is 6.29 Å². The Morgan fingerprint density at radius 2 is 1.70 bits per heavy atom. The molecule has 0 atom stereocenters. The average Bonchev–Trinajstić information content (AvgIpc) is 2.42. The second-order valence-electron chi connectivity index (χ2n) is 4.73. The molecule has 0 saturated heterocycles. The Morgan fingerprint density at radius 3 is 2.25 bits per heavy atom. The third-order valence-electron chi connectivity index (χ3n) is 2.91. The quantitative estimate of drug-likeness (QED) is 0.757. The van der Waals surface area contributed by atoms with Gasteiger partial charge in [-0.05, 0) is 29.7 Å². The summed E-state index contributed by atoms with van der Waals surface area (Å²) in [4.78, 5) is 10.5. The molecule has 2 aromatic rings. The zero-order valence-corrected chi connectivity index (χ0v) is 11.2. The van der Waals surface area contributed by atoms with Gasteiger partial charge in [-0.25, -0.2) is 8.78 Å². The molecular formula is C16H14F2O2. The first-order valence-corrected chi connectivity index (χ1v) is 6.24. The lowest BCUT2D eigenvalue weighted by Gasteiger charge is -2.14. The number of hydrogen-bond acceptors (Lipinski definition) is 2. The van der Waals surface area contributed by atoms with Crippen molar-refractivity contribution in [3.05, 3.63) is 59.2 Å². The van der Waals surface area contributed by atoms with E-state index < -0.39 is 17.4 Å². The minimum atomic E-state index is -0.898. The number of aldehydes is 1. The van der Waals surface area contributed by atoms with Crippen molar-refractivity contribution in [3.8, 4) is 11.5 Å². The molecule has 0 unspecified atom stereocenters. The van der Waals surface area contributed by atoms with Gasteiger partial charge < -0.3 is 4.74 Å². The maximum absolute atomic E-state index is 13.8. The van der Waals surface area contributed by atoms with Gasteiger partial charge in [-0.2, -0.15) is 0 Å². The van der Waals surface area contributed by atoms with Crippen molar-refractivity contribution >= 4 is 6.29 Å². The largest absolute Gasteiger partial charge is 0.451 e. The number of para-hydroxylation sites is 1. The SMILES string of the molecule is CC(C)c1ccccc1Oc1c(F)cc(C=O)cc1F. The van der Waals surface area contributed by atoms with E-state index in [1.54, 1.807) is 12.1 Å². The molecule has 0 heterocycles. The average molecular weight is 276 g/mol. The van der Waals surface area contributed by atoms with Crippen LogP contribution in [0.25, 0.3) is 0 Å². The van der Waals surface area contributed by atoms with Crippen LogP contribution in [-0.2, 0) is 0 Å². The summed E-state index contributed by atoms with van der Waals surface area (Å²) in [6.45, 7) is 3.93. The highest BCUT2D eigenvalue weighted by molar-refractivity contribution is 5.75. The van der Waals surface area contributed by atoms with Gasteiger partial charge in [0.1, 0.15) is 12.0 Å². The minimum Gasteiger partial charge on any atom is -0.451 e. The molecule has 0 radical (unpaired) electrons. The van der Waals surface area contributed by atoms with Gasteiger partial charge in [0.2, 0.25) is 0 Å². The Balaban J connectivity index is 2.43. The monoisotopic (exact) mass is 276 g/mol. The van der Waals surface area contributed by atoms with E-state index in [9.17, 15) is 13.6 Å². The Bertz CT molecular complexity index is 613. The second kappa shape index (κ2) is 5.82. The molecule has 0 fully saturated rings. The zero-order valence-electron chi connectivity index (χ0n) is 11.2. The normalized spacial score (nSPS) is 10.7. The van der Waals surface area contributed by atoms with Gasteiger partial charge in [0.15, 0.2) is 17.4 Å². The third kappa shape index (κ3) is 2.85. The fourth-order valence-electron chi connectivity index (χ4n) is 1.91. The standard InChI is InChI=1S/C16H14F2O2/c1-10(2)12-5-3-4-6-15(12)20-16-13(17)7-11(9-19)8-14(16)18/h3-10H,1-2H3. The Labute approximate surface area is 116 Å². The van der Waals surface area contributed by atoms with Gasteiger partial charge >= 0.3 is 0 Å². The molecule has 0 saturated carbocycles. The maximum atomic E-state index is 13.8. The Kier molecular flexibility index (Phi) is 4.13. The van der Waals surface area contributed by atoms with Crippen molar-refractivity contribution in [1.82, 2.24) is 0 Å². The number of ether oxygens (including phenoxy) is 1. The molecule has 104 valence electrons. The molecule has 0 aromatic heterocycles. The van der Waals surface area contributed by atoms with E-state index in [0.29, 0.717) is 12.0 Å². The van der Waals surface area contributed by atoms with E-state index >= 15 is 0 Å². The lowest BCUT2D eigenvalue weighted by molar-refractivity contribution is 0.112. The minimum absolute atomic E-state index is 0.0653. The van der Waals surface area contributed by atoms with Gasteiger partial charge in [-0.15, -0.1) is 0 Å². The van der Waals surface area contributed by atoms with Crippen molar-refractivity contribution in [2.45, 2.75) is 19.8 Å². The number of benzene rings is 2. The highest BCUT2D eigenvalue weighted by Crippen LogP contribution is 2.33. The summed E-state index contributed by atoms with van der Waals surface area (Å²) in [6.07, 6.45) is 0.387. The summed E-state index contributed by atoms with van der Waals surface area (Å²) in [6, 6.07) is 8.96. The summed E-state index contributed by atoms with van der Waals surface area (Å²) in [7, 11) is 0. The molecule has 0 aliphatic rings. The summed E-state index contributed by atoms with van der Waals surface area (Å²) in [5.74, 6) is -1.73. The lowest BCUT2D eigenvalue weighted by Crippen LogP contribution is -1.98. The van der Waals surface area contributed by atoms with E-state index in [2.05, 4.69) is 0 Å². The van der Waals surface area contributed by atoms with Crippen LogP contribution in [0, 0.1) is 11.6 Å². The lowest BCUT2D eigenvalue weighted by atomic mass is 10.0. The fraction of sp³-hybridized carbons (Fsp3) is 0.188. The molecule has 0 amide bonds. The molecule has 0 bridgehead atoms. The number of hydrogen-bond donors (Lipinski definition) is 0. The van der Waals surface area contributed by atoms with E-state index in [1.165, 1.54) is 0 Å². The predicted octanol–water partition coefficient (Wildman–Crippen LogP) is 4.69. The molecule has 4 heteroatoms. The van der Waals surface area contributed by atoms with E-state index in [0.717, 1.165) is 17.7 Å². The number of rotatable bonds is 4. The van der Waals surface area contributed by atoms with Crippen molar-refractivity contribution in [2.24, 2.45) is 0 Å². The fourth-order valence-corrected chi connectivity index (χ4v) is 1.91. The highest BCUT2D eigenvalue weighted by atomic mass is 19.1. The molecule has 0 N–H and O–H groups in total. The number of carbonyl (C=O) groups is 1. The molecule has 20 heavy (non-hydrogen) atoms. The Hall–Kier alpha value is -2.23. The van der Waals surface area contributed by atoms with Crippen molar-refractivity contribution in [2.75, 3.05) is 0 Å². The van der Waals surface area contributed by atoms with Crippen LogP contribution in [0.2, 0.25) is 0 Å². The molecule has 0 aliphatic carbocycles. The van der Waals surface area contributed by atoms with Crippen LogP contribution in [0.1, 0.15) is 35.7 Å². The molecule has 2 rings (SSSR count). The molecule has 0 spiro atoms. The second-order valence-corrected chi connectivity index (χ2v) is 4.73. The summed E-state index contributed by atoms with van der Waals surface area (Å²) >= 11 is 0. The van der Waals surface area contributed by atoms with Crippen LogP contribution in [0.4, 0.5) is 8.78 Å². The van der Waals surface area contributed by atoms with E-state index in [-0.39, 0.29) is 11.5 Å². The van der Waals surface area contributed by atoms with Crippen LogP contribution in [0.3, 0.4) is 0 Å². The van der Waals surface area contributed by atoms with Gasteiger partial charge in [0, 0.05) is 5.56 Å². The van der Waals surface area contributed by atoms with Crippen molar-refractivity contribution < 1.29 is 18.3 Å². The summed E-state index contributed by atoms with van der Waals surface area (Å²) in [5.41, 5.74) is 0.787. The summed E-state index contributed by atoms with van der Waals surface area (Å²) < 4.78 is 33.0. The summed E-state index contributed by atoms with van der Waals surface area (Å²) in [5, 5.41) is 0. The van der Waals surface area contributed by atoms with Gasteiger partial charge in [-0.1, -0.05) is 32.0 Å². The highest BCUT2D eigenvalue weighted by Gasteiger charge is 2.16. The van der Waals surface area contributed by atoms with Crippen molar-refractivity contribution in [1.29, 1.82) is 0 Å². The zero-order chi connectivity index (χ0) is 14.7. The Morgan fingerprint density at radius 1 is 1.10 bits per heavy atom. The smallest absolute Gasteiger partial charge is 0.198 e. The van der Waals surface area contributed by atoms with Gasteiger partial charge in [-0.3, -0.25) is 4.79 Å². The van der Waals surface area contributed by atoms with Crippen LogP contribution in [0.5, 0.6) is 11.5 Å². The van der Waals surface area contributed by atoms with Crippen LogP contribution < -0.4 is 4.74 Å². The molecule has 0 aliphatic heterocycles. The predicted molar refractivity (Wildman–Crippen MR) is 72.4 cm³/mol.